The first-order chi connectivity index (χ1) is 8.41. The Labute approximate surface area is 111 Å². The molecule has 0 fully saturated rings. The van der Waals surface area contributed by atoms with Crippen LogP contribution in [-0.4, -0.2) is 5.11 Å². The van der Waals surface area contributed by atoms with E-state index in [1.807, 2.05) is 26.8 Å². The van der Waals surface area contributed by atoms with E-state index in [1.165, 1.54) is 6.08 Å². The highest BCUT2D eigenvalue weighted by molar-refractivity contribution is 5.45. The van der Waals surface area contributed by atoms with Crippen LogP contribution < -0.4 is 0 Å². The SMILES string of the molecule is C=C(C)/C=C\C(=C)C#CC(=C)/C=C\C(=C)O.CC. The second-order valence-electron chi connectivity index (χ2n) is 3.30. The van der Waals surface area contributed by atoms with Gasteiger partial charge in [-0.25, -0.2) is 0 Å². The molecule has 0 aromatic heterocycles. The van der Waals surface area contributed by atoms with E-state index in [-0.39, 0.29) is 5.76 Å². The van der Waals surface area contributed by atoms with Crippen LogP contribution in [0.25, 0.3) is 0 Å². The maximum atomic E-state index is 8.81. The smallest absolute Gasteiger partial charge is 0.108 e. The zero-order valence-corrected chi connectivity index (χ0v) is 11.6. The minimum atomic E-state index is -0.0241. The van der Waals surface area contributed by atoms with Crippen LogP contribution in [-0.2, 0) is 0 Å². The van der Waals surface area contributed by atoms with Gasteiger partial charge in [0.1, 0.15) is 5.76 Å². The third-order valence-electron chi connectivity index (χ3n) is 1.43. The predicted molar refractivity (Wildman–Crippen MR) is 82.3 cm³/mol. The van der Waals surface area contributed by atoms with Crippen molar-refractivity contribution in [2.24, 2.45) is 0 Å². The van der Waals surface area contributed by atoms with Crippen LogP contribution in [0.1, 0.15) is 20.8 Å². The molecule has 0 saturated carbocycles. The van der Waals surface area contributed by atoms with Crippen molar-refractivity contribution in [2.45, 2.75) is 20.8 Å². The molecular weight excluding hydrogens is 220 g/mol. The highest BCUT2D eigenvalue weighted by Gasteiger charge is 1.83. The van der Waals surface area contributed by atoms with E-state index in [4.69, 9.17) is 5.11 Å². The summed E-state index contributed by atoms with van der Waals surface area (Å²) in [7, 11) is 0. The number of hydrogen-bond acceptors (Lipinski definition) is 1. The average Bonchev–Trinajstić information content (AvgIpc) is 2.33. The lowest BCUT2D eigenvalue weighted by atomic mass is 10.2. The molecule has 0 aromatic carbocycles. The quantitative estimate of drug-likeness (QED) is 0.423. The maximum absolute atomic E-state index is 8.81. The summed E-state index contributed by atoms with van der Waals surface area (Å²) >= 11 is 0. The van der Waals surface area contributed by atoms with Crippen LogP contribution in [0.4, 0.5) is 0 Å². The summed E-state index contributed by atoms with van der Waals surface area (Å²) in [4.78, 5) is 0. The van der Waals surface area contributed by atoms with Gasteiger partial charge in [0.25, 0.3) is 0 Å². The normalized spacial score (nSPS) is 9.06. The third-order valence-corrected chi connectivity index (χ3v) is 1.43. The van der Waals surface area contributed by atoms with Crippen LogP contribution in [0, 0.1) is 11.8 Å². The summed E-state index contributed by atoms with van der Waals surface area (Å²) in [6.07, 6.45) is 6.65. The Morgan fingerprint density at radius 3 is 1.56 bits per heavy atom. The lowest BCUT2D eigenvalue weighted by molar-refractivity contribution is 0.435. The summed E-state index contributed by atoms with van der Waals surface area (Å²) in [6, 6.07) is 0. The van der Waals surface area contributed by atoms with Crippen molar-refractivity contribution in [3.63, 3.8) is 0 Å². The molecule has 1 heteroatoms. The van der Waals surface area contributed by atoms with E-state index in [2.05, 4.69) is 38.2 Å². The summed E-state index contributed by atoms with van der Waals surface area (Å²) < 4.78 is 0. The van der Waals surface area contributed by atoms with E-state index in [9.17, 15) is 0 Å². The molecule has 0 aliphatic carbocycles. The van der Waals surface area contributed by atoms with E-state index in [0.29, 0.717) is 11.1 Å². The molecule has 0 saturated heterocycles. The topological polar surface area (TPSA) is 20.2 Å². The van der Waals surface area contributed by atoms with E-state index >= 15 is 0 Å². The Bertz CT molecular complexity index is 394. The van der Waals surface area contributed by atoms with Crippen molar-refractivity contribution in [1.82, 2.24) is 0 Å². The molecule has 0 atom stereocenters. The van der Waals surface area contributed by atoms with Crippen molar-refractivity contribution < 1.29 is 5.11 Å². The largest absolute Gasteiger partial charge is 0.509 e. The number of hydrogen-bond donors (Lipinski definition) is 1. The molecule has 0 spiro atoms. The van der Waals surface area contributed by atoms with Crippen molar-refractivity contribution >= 4 is 0 Å². The van der Waals surface area contributed by atoms with Gasteiger partial charge in [-0.05, 0) is 25.2 Å². The molecule has 18 heavy (non-hydrogen) atoms. The predicted octanol–water partition coefficient (Wildman–Crippen LogP) is 4.89. The Hall–Kier alpha value is -2.20. The molecule has 0 aromatic rings. The second-order valence-corrected chi connectivity index (χ2v) is 3.30. The fourth-order valence-corrected chi connectivity index (χ4v) is 0.684. The summed E-state index contributed by atoms with van der Waals surface area (Å²) in [6.45, 7) is 20.4. The molecule has 1 N–H and O–H groups in total. The molecule has 0 unspecified atom stereocenters. The van der Waals surface area contributed by atoms with Crippen molar-refractivity contribution in [1.29, 1.82) is 0 Å². The highest BCUT2D eigenvalue weighted by Crippen LogP contribution is 1.98. The number of rotatable bonds is 4. The van der Waals surface area contributed by atoms with Crippen LogP contribution in [0.3, 0.4) is 0 Å². The van der Waals surface area contributed by atoms with Crippen molar-refractivity contribution in [2.75, 3.05) is 0 Å². The molecule has 0 aliphatic rings. The van der Waals surface area contributed by atoms with Gasteiger partial charge in [-0.1, -0.05) is 63.7 Å². The fraction of sp³-hybridized carbons (Fsp3) is 0.176. The summed E-state index contributed by atoms with van der Waals surface area (Å²) in [5.41, 5.74) is 2.21. The van der Waals surface area contributed by atoms with Gasteiger partial charge < -0.3 is 5.11 Å². The van der Waals surface area contributed by atoms with Gasteiger partial charge in [0.05, 0.1) is 0 Å². The Morgan fingerprint density at radius 1 is 0.833 bits per heavy atom. The number of allylic oxidation sites excluding steroid dienone is 7. The van der Waals surface area contributed by atoms with Gasteiger partial charge >= 0.3 is 0 Å². The first-order valence-electron chi connectivity index (χ1n) is 5.71. The van der Waals surface area contributed by atoms with Gasteiger partial charge in [-0.2, -0.15) is 0 Å². The summed E-state index contributed by atoms with van der Waals surface area (Å²) in [5.74, 6) is 5.60. The minimum absolute atomic E-state index is 0.0241. The molecule has 0 bridgehead atoms. The molecule has 1 nitrogen and oxygen atoms in total. The molecular formula is C17H22O. The molecule has 96 valence electrons. The molecule has 0 rings (SSSR count). The number of aliphatic hydroxyl groups is 1. The van der Waals surface area contributed by atoms with Gasteiger partial charge in [0.2, 0.25) is 0 Å². The third kappa shape index (κ3) is 13.8. The second kappa shape index (κ2) is 11.3. The van der Waals surface area contributed by atoms with E-state index in [1.54, 1.807) is 12.2 Å². The number of aliphatic hydroxyl groups excluding tert-OH is 1. The molecule has 0 aliphatic heterocycles. The monoisotopic (exact) mass is 242 g/mol. The Balaban J connectivity index is 0. The lowest BCUT2D eigenvalue weighted by Crippen LogP contribution is -1.73. The molecule has 0 amide bonds. The lowest BCUT2D eigenvalue weighted by Gasteiger charge is -1.88. The Morgan fingerprint density at radius 2 is 1.22 bits per heavy atom. The van der Waals surface area contributed by atoms with Gasteiger partial charge in [-0.15, -0.1) is 0 Å². The maximum Gasteiger partial charge on any atom is 0.108 e. The van der Waals surface area contributed by atoms with Crippen molar-refractivity contribution in [3.8, 4) is 11.8 Å². The molecule has 0 heterocycles. The summed E-state index contributed by atoms with van der Waals surface area (Å²) in [5, 5.41) is 8.81. The van der Waals surface area contributed by atoms with Crippen LogP contribution in [0.15, 0.2) is 73.1 Å². The van der Waals surface area contributed by atoms with Gasteiger partial charge in [0, 0.05) is 11.1 Å². The van der Waals surface area contributed by atoms with Gasteiger partial charge in [-0.3, -0.25) is 0 Å². The molecule has 0 radical (unpaired) electrons. The van der Waals surface area contributed by atoms with Crippen LogP contribution in [0.2, 0.25) is 0 Å². The standard InChI is InChI=1S/C15H16O.C2H6/c1-12(2)6-7-13(3)8-9-14(4)10-11-15(5)16;1-2/h6-7,10-11,16H,1,3-5H2,2H3;1-2H3/b7-6-,11-10-;. The van der Waals surface area contributed by atoms with E-state index < -0.39 is 0 Å². The Kier molecular flexibility index (Phi) is 11.4. The van der Waals surface area contributed by atoms with Crippen LogP contribution in [0.5, 0.6) is 0 Å². The van der Waals surface area contributed by atoms with Crippen LogP contribution >= 0.6 is 0 Å². The minimum Gasteiger partial charge on any atom is -0.509 e. The average molecular weight is 242 g/mol. The highest BCUT2D eigenvalue weighted by atomic mass is 16.3. The van der Waals surface area contributed by atoms with Gasteiger partial charge in [0.15, 0.2) is 0 Å². The zero-order chi connectivity index (χ0) is 14.6. The first-order valence-corrected chi connectivity index (χ1v) is 5.71. The first kappa shape index (κ1) is 18.2. The fourth-order valence-electron chi connectivity index (χ4n) is 0.684. The van der Waals surface area contributed by atoms with E-state index in [0.717, 1.165) is 5.57 Å². The van der Waals surface area contributed by atoms with Crippen molar-refractivity contribution in [3.05, 3.63) is 73.1 Å². The zero-order valence-electron chi connectivity index (χ0n) is 11.6.